The third-order valence-electron chi connectivity index (χ3n) is 1.12. The zero-order valence-electron chi connectivity index (χ0n) is 7.48. The van der Waals surface area contributed by atoms with Crippen LogP contribution in [0.2, 0.25) is 19.6 Å². The van der Waals surface area contributed by atoms with Crippen molar-refractivity contribution < 1.29 is 9.22 Å². The lowest BCUT2D eigenvalue weighted by Gasteiger charge is -2.21. The summed E-state index contributed by atoms with van der Waals surface area (Å²) in [4.78, 5) is 11.0. The zero-order valence-corrected chi connectivity index (χ0v) is 9.23. The van der Waals surface area contributed by atoms with Crippen LogP contribution in [0.5, 0.6) is 0 Å². The summed E-state index contributed by atoms with van der Waals surface area (Å²) in [6.45, 7) is 7.89. The Balaban J connectivity index is 3.87. The SMILES string of the molecule is CC(O[Si](C)(C)C)C(=O)CCl. The highest BCUT2D eigenvalue weighted by Gasteiger charge is 2.21. The Labute approximate surface area is 74.0 Å². The number of Topliss-reactive ketones (excluding diaryl/α,β-unsaturated/α-hetero) is 1. The van der Waals surface area contributed by atoms with Crippen molar-refractivity contribution in [3.63, 3.8) is 0 Å². The van der Waals surface area contributed by atoms with E-state index in [4.69, 9.17) is 16.0 Å². The molecule has 11 heavy (non-hydrogen) atoms. The number of hydrogen-bond acceptors (Lipinski definition) is 2. The molecule has 0 aromatic carbocycles. The van der Waals surface area contributed by atoms with E-state index in [0.717, 1.165) is 0 Å². The van der Waals surface area contributed by atoms with Crippen LogP contribution in [-0.2, 0) is 9.22 Å². The van der Waals surface area contributed by atoms with Gasteiger partial charge < -0.3 is 4.43 Å². The highest BCUT2D eigenvalue weighted by atomic mass is 35.5. The minimum atomic E-state index is -1.58. The first kappa shape index (κ1) is 11.1. The normalized spacial score (nSPS) is 14.6. The van der Waals surface area contributed by atoms with Crippen molar-refractivity contribution in [1.29, 1.82) is 0 Å². The van der Waals surface area contributed by atoms with Crippen LogP contribution in [0.3, 0.4) is 0 Å². The van der Waals surface area contributed by atoms with Gasteiger partial charge in [0.1, 0.15) is 6.10 Å². The second-order valence-electron chi connectivity index (χ2n) is 3.47. The Hall–Kier alpha value is 0.137. The molecule has 4 heteroatoms. The molecule has 66 valence electrons. The van der Waals surface area contributed by atoms with E-state index in [-0.39, 0.29) is 17.8 Å². The number of rotatable bonds is 4. The van der Waals surface area contributed by atoms with Gasteiger partial charge in [0, 0.05) is 0 Å². The van der Waals surface area contributed by atoms with Gasteiger partial charge in [-0.15, -0.1) is 11.6 Å². The van der Waals surface area contributed by atoms with Crippen LogP contribution in [0.15, 0.2) is 0 Å². The average Bonchev–Trinajstić information content (AvgIpc) is 1.82. The zero-order chi connectivity index (χ0) is 9.07. The van der Waals surface area contributed by atoms with Crippen molar-refractivity contribution in [1.82, 2.24) is 0 Å². The summed E-state index contributed by atoms with van der Waals surface area (Å²) >= 11 is 5.36. The third kappa shape index (κ3) is 5.41. The molecular formula is C7H15ClO2Si. The lowest BCUT2D eigenvalue weighted by molar-refractivity contribution is -0.122. The lowest BCUT2D eigenvalue weighted by atomic mass is 10.3. The number of ketones is 1. The third-order valence-corrected chi connectivity index (χ3v) is 2.44. The van der Waals surface area contributed by atoms with E-state index in [1.807, 2.05) is 19.6 Å². The first-order valence-corrected chi connectivity index (χ1v) is 7.57. The van der Waals surface area contributed by atoms with Gasteiger partial charge in [-0.05, 0) is 26.6 Å². The number of halogens is 1. The van der Waals surface area contributed by atoms with Gasteiger partial charge in [0.15, 0.2) is 14.1 Å². The van der Waals surface area contributed by atoms with Gasteiger partial charge in [-0.3, -0.25) is 4.79 Å². The summed E-state index contributed by atoms with van der Waals surface area (Å²) in [7, 11) is -1.58. The highest BCUT2D eigenvalue weighted by molar-refractivity contribution is 6.69. The minimum absolute atomic E-state index is 0.0332. The van der Waals surface area contributed by atoms with E-state index in [1.54, 1.807) is 6.92 Å². The number of carbonyl (C=O) groups excluding carboxylic acids is 1. The Bertz CT molecular complexity index is 142. The maximum absolute atomic E-state index is 11.0. The minimum Gasteiger partial charge on any atom is -0.408 e. The second-order valence-corrected chi connectivity index (χ2v) is 8.20. The molecule has 1 unspecified atom stereocenters. The summed E-state index contributed by atoms with van der Waals surface area (Å²) in [5.74, 6) is 0.0140. The van der Waals surface area contributed by atoms with Crippen molar-refractivity contribution in [3.8, 4) is 0 Å². The quantitative estimate of drug-likeness (QED) is 0.506. The summed E-state index contributed by atoms with van der Waals surface area (Å²) in [5, 5.41) is 0. The van der Waals surface area contributed by atoms with E-state index in [9.17, 15) is 4.79 Å². The number of carbonyl (C=O) groups is 1. The highest BCUT2D eigenvalue weighted by Crippen LogP contribution is 2.07. The van der Waals surface area contributed by atoms with Crippen LogP contribution in [-0.4, -0.2) is 26.1 Å². The molecule has 0 saturated heterocycles. The van der Waals surface area contributed by atoms with Crippen LogP contribution < -0.4 is 0 Å². The average molecular weight is 195 g/mol. The van der Waals surface area contributed by atoms with Crippen molar-refractivity contribution in [2.75, 3.05) is 5.88 Å². The van der Waals surface area contributed by atoms with Crippen molar-refractivity contribution >= 4 is 25.7 Å². The molecule has 0 rings (SSSR count). The predicted octanol–water partition coefficient (Wildman–Crippen LogP) is 2.03. The molecule has 0 aliphatic carbocycles. The van der Waals surface area contributed by atoms with E-state index in [2.05, 4.69) is 0 Å². The molecule has 0 N–H and O–H groups in total. The summed E-state index contributed by atoms with van der Waals surface area (Å²) in [5.41, 5.74) is 0. The maximum atomic E-state index is 11.0. The molecule has 0 heterocycles. The molecule has 0 aromatic rings. The van der Waals surface area contributed by atoms with Crippen LogP contribution in [0, 0.1) is 0 Å². The first-order valence-electron chi connectivity index (χ1n) is 3.63. The fourth-order valence-electron chi connectivity index (χ4n) is 0.705. The Morgan fingerprint density at radius 2 is 2.00 bits per heavy atom. The molecule has 0 amide bonds. The molecule has 0 aliphatic heterocycles. The van der Waals surface area contributed by atoms with Gasteiger partial charge in [-0.2, -0.15) is 0 Å². The van der Waals surface area contributed by atoms with Gasteiger partial charge in [0.2, 0.25) is 0 Å². The van der Waals surface area contributed by atoms with Crippen LogP contribution in [0.1, 0.15) is 6.92 Å². The van der Waals surface area contributed by atoms with Crippen molar-refractivity contribution in [2.45, 2.75) is 32.7 Å². The molecule has 0 bridgehead atoms. The first-order chi connectivity index (χ1) is 4.87. The van der Waals surface area contributed by atoms with Gasteiger partial charge in [-0.25, -0.2) is 0 Å². The number of alkyl halides is 1. The summed E-state index contributed by atoms with van der Waals surface area (Å²) < 4.78 is 5.50. The van der Waals surface area contributed by atoms with Gasteiger partial charge in [-0.1, -0.05) is 0 Å². The molecule has 0 aliphatic rings. The topological polar surface area (TPSA) is 26.3 Å². The molecule has 2 nitrogen and oxygen atoms in total. The smallest absolute Gasteiger partial charge is 0.184 e. The Morgan fingerprint density at radius 3 is 2.27 bits per heavy atom. The monoisotopic (exact) mass is 194 g/mol. The molecular weight excluding hydrogens is 180 g/mol. The molecule has 0 radical (unpaired) electrons. The Morgan fingerprint density at radius 1 is 1.55 bits per heavy atom. The van der Waals surface area contributed by atoms with Crippen LogP contribution >= 0.6 is 11.6 Å². The second kappa shape index (κ2) is 4.23. The van der Waals surface area contributed by atoms with Crippen LogP contribution in [0.4, 0.5) is 0 Å². The van der Waals surface area contributed by atoms with E-state index in [0.29, 0.717) is 0 Å². The fourth-order valence-corrected chi connectivity index (χ4v) is 2.11. The summed E-state index contributed by atoms with van der Waals surface area (Å²) in [6.07, 6.45) is -0.334. The number of hydrogen-bond donors (Lipinski definition) is 0. The van der Waals surface area contributed by atoms with E-state index in [1.165, 1.54) is 0 Å². The predicted molar refractivity (Wildman–Crippen MR) is 49.6 cm³/mol. The largest absolute Gasteiger partial charge is 0.408 e. The molecule has 1 atom stereocenters. The van der Waals surface area contributed by atoms with E-state index < -0.39 is 8.32 Å². The lowest BCUT2D eigenvalue weighted by Crippen LogP contribution is -2.35. The van der Waals surface area contributed by atoms with Gasteiger partial charge >= 0.3 is 0 Å². The molecule has 0 saturated carbocycles. The van der Waals surface area contributed by atoms with Crippen molar-refractivity contribution in [3.05, 3.63) is 0 Å². The Kier molecular flexibility index (Phi) is 4.29. The summed E-state index contributed by atoms with van der Waals surface area (Å²) in [6, 6.07) is 0. The van der Waals surface area contributed by atoms with Crippen molar-refractivity contribution in [2.24, 2.45) is 0 Å². The van der Waals surface area contributed by atoms with Gasteiger partial charge in [0.25, 0.3) is 0 Å². The maximum Gasteiger partial charge on any atom is 0.184 e. The molecule has 0 aromatic heterocycles. The molecule has 0 spiro atoms. The standard InChI is InChI=1S/C7H15ClO2Si/c1-6(7(9)5-8)10-11(2,3)4/h6H,5H2,1-4H3. The van der Waals surface area contributed by atoms with Crippen LogP contribution in [0.25, 0.3) is 0 Å². The van der Waals surface area contributed by atoms with Gasteiger partial charge in [0.05, 0.1) is 5.88 Å². The molecule has 0 fully saturated rings. The van der Waals surface area contributed by atoms with E-state index >= 15 is 0 Å². The fraction of sp³-hybridized carbons (Fsp3) is 0.857.